The van der Waals surface area contributed by atoms with Crippen molar-refractivity contribution in [2.45, 2.75) is 25.3 Å². The molecule has 3 aromatic heterocycles. The molecule has 0 unspecified atom stereocenters. The number of hydrogen-bond acceptors (Lipinski definition) is 6. The van der Waals surface area contributed by atoms with Crippen molar-refractivity contribution in [1.82, 2.24) is 29.7 Å². The molecule has 4 rings (SSSR count). The van der Waals surface area contributed by atoms with Crippen LogP contribution in [0.15, 0.2) is 36.7 Å². The molecule has 0 radical (unpaired) electrons. The van der Waals surface area contributed by atoms with Gasteiger partial charge in [-0.1, -0.05) is 0 Å². The summed E-state index contributed by atoms with van der Waals surface area (Å²) in [5, 5.41) is 14.6. The van der Waals surface area contributed by atoms with E-state index in [4.69, 9.17) is 0 Å². The van der Waals surface area contributed by atoms with Gasteiger partial charge in [-0.15, -0.1) is 15.3 Å². The Morgan fingerprint density at radius 2 is 1.85 bits per heavy atom. The van der Waals surface area contributed by atoms with Crippen LogP contribution in [-0.4, -0.2) is 54.7 Å². The number of amides is 1. The Kier molecular flexibility index (Phi) is 4.61. The number of halogens is 2. The van der Waals surface area contributed by atoms with E-state index in [1.165, 1.54) is 0 Å². The highest BCUT2D eigenvalue weighted by Crippen LogP contribution is 2.20. The lowest BCUT2D eigenvalue weighted by Gasteiger charge is -2.32. The first-order valence-electron chi connectivity index (χ1n) is 8.58. The smallest absolute Gasteiger partial charge is 0.299 e. The molecule has 4 heterocycles. The highest BCUT2D eigenvalue weighted by atomic mass is 19.3. The predicted molar refractivity (Wildman–Crippen MR) is 92.5 cm³/mol. The van der Waals surface area contributed by atoms with E-state index < -0.39 is 12.2 Å². The van der Waals surface area contributed by atoms with Crippen LogP contribution in [0.2, 0.25) is 0 Å². The quantitative estimate of drug-likeness (QED) is 0.754. The van der Waals surface area contributed by atoms with Gasteiger partial charge in [-0.25, -0.2) is 8.78 Å². The highest BCUT2D eigenvalue weighted by Gasteiger charge is 2.24. The standard InChI is InChI=1S/C17H17F2N7O/c18-15(19)16-23-22-14-2-1-13(24-26(14)16)21-12-5-9-25(10-6-12)17(27)11-3-7-20-8-4-11/h1-4,7-8,12,15H,5-6,9-10H2,(H,21,24). The van der Waals surface area contributed by atoms with Gasteiger partial charge in [0.15, 0.2) is 5.65 Å². The Balaban J connectivity index is 1.40. The van der Waals surface area contributed by atoms with Gasteiger partial charge in [0.25, 0.3) is 12.3 Å². The molecule has 8 nitrogen and oxygen atoms in total. The van der Waals surface area contributed by atoms with Crippen molar-refractivity contribution in [3.63, 3.8) is 0 Å². The number of rotatable bonds is 4. The number of aromatic nitrogens is 5. The predicted octanol–water partition coefficient (Wildman–Crippen LogP) is 2.17. The second kappa shape index (κ2) is 7.22. The fourth-order valence-electron chi connectivity index (χ4n) is 3.13. The number of anilines is 1. The van der Waals surface area contributed by atoms with Gasteiger partial charge >= 0.3 is 0 Å². The molecule has 0 aromatic carbocycles. The zero-order chi connectivity index (χ0) is 18.8. The van der Waals surface area contributed by atoms with Crippen molar-refractivity contribution in [3.05, 3.63) is 48.0 Å². The molecule has 27 heavy (non-hydrogen) atoms. The number of hydrogen-bond donors (Lipinski definition) is 1. The molecule has 0 atom stereocenters. The van der Waals surface area contributed by atoms with E-state index in [2.05, 4.69) is 25.6 Å². The second-order valence-electron chi connectivity index (χ2n) is 6.29. The van der Waals surface area contributed by atoms with E-state index in [1.54, 1.807) is 41.6 Å². The van der Waals surface area contributed by atoms with Crippen LogP contribution in [0.5, 0.6) is 0 Å². The molecule has 1 N–H and O–H groups in total. The normalized spacial score (nSPS) is 15.4. The molecule has 1 amide bonds. The number of nitrogens with zero attached hydrogens (tertiary/aromatic N) is 6. The fraction of sp³-hybridized carbons (Fsp3) is 0.353. The third kappa shape index (κ3) is 3.55. The number of pyridine rings is 1. The average molecular weight is 373 g/mol. The Bertz CT molecular complexity index is 939. The molecule has 10 heteroatoms. The van der Waals surface area contributed by atoms with Gasteiger partial charge in [-0.05, 0) is 37.1 Å². The number of carbonyl (C=O) groups excluding carboxylic acids is 1. The first-order chi connectivity index (χ1) is 13.1. The van der Waals surface area contributed by atoms with E-state index in [0.29, 0.717) is 24.5 Å². The SMILES string of the molecule is O=C(c1ccncc1)N1CCC(Nc2ccc3nnc(C(F)F)n3n2)CC1. The van der Waals surface area contributed by atoms with Gasteiger partial charge in [0.05, 0.1) is 0 Å². The van der Waals surface area contributed by atoms with Gasteiger partial charge < -0.3 is 10.2 Å². The molecule has 0 aliphatic carbocycles. The van der Waals surface area contributed by atoms with Crippen LogP contribution in [0.25, 0.3) is 5.65 Å². The van der Waals surface area contributed by atoms with Gasteiger partial charge in [0.1, 0.15) is 5.82 Å². The first kappa shape index (κ1) is 17.3. The van der Waals surface area contributed by atoms with Gasteiger partial charge in [0.2, 0.25) is 5.82 Å². The number of piperidine rings is 1. The number of nitrogens with one attached hydrogen (secondary N) is 1. The Hall–Kier alpha value is -3.17. The molecule has 3 aromatic rings. The van der Waals surface area contributed by atoms with Crippen LogP contribution in [-0.2, 0) is 0 Å². The van der Waals surface area contributed by atoms with E-state index in [1.807, 2.05) is 0 Å². The maximum Gasteiger partial charge on any atom is 0.299 e. The van der Waals surface area contributed by atoms with Crippen molar-refractivity contribution in [1.29, 1.82) is 0 Å². The molecule has 1 aliphatic rings. The number of carbonyl (C=O) groups is 1. The third-order valence-electron chi connectivity index (χ3n) is 4.54. The molecule has 1 fully saturated rings. The summed E-state index contributed by atoms with van der Waals surface area (Å²) in [4.78, 5) is 18.2. The number of fused-ring (bicyclic) bond motifs is 1. The van der Waals surface area contributed by atoms with Crippen molar-refractivity contribution in [2.75, 3.05) is 18.4 Å². The number of likely N-dealkylation sites (tertiary alicyclic amines) is 1. The summed E-state index contributed by atoms with van der Waals surface area (Å²) in [6.07, 6.45) is 1.93. The van der Waals surface area contributed by atoms with Crippen LogP contribution >= 0.6 is 0 Å². The van der Waals surface area contributed by atoms with E-state index in [9.17, 15) is 13.6 Å². The van der Waals surface area contributed by atoms with Gasteiger partial charge in [-0.3, -0.25) is 9.78 Å². The van der Waals surface area contributed by atoms with Crippen molar-refractivity contribution < 1.29 is 13.6 Å². The van der Waals surface area contributed by atoms with Crippen LogP contribution in [0, 0.1) is 0 Å². The minimum Gasteiger partial charge on any atom is -0.366 e. The molecular formula is C17H17F2N7O. The van der Waals surface area contributed by atoms with Crippen molar-refractivity contribution >= 4 is 17.4 Å². The minimum absolute atomic E-state index is 0.0125. The Labute approximate surface area is 153 Å². The minimum atomic E-state index is -2.75. The molecule has 0 saturated carbocycles. The summed E-state index contributed by atoms with van der Waals surface area (Å²) in [5.74, 6) is -0.0176. The van der Waals surface area contributed by atoms with Crippen molar-refractivity contribution in [2.24, 2.45) is 0 Å². The van der Waals surface area contributed by atoms with E-state index in [-0.39, 0.29) is 17.6 Å². The zero-order valence-corrected chi connectivity index (χ0v) is 14.3. The third-order valence-corrected chi connectivity index (χ3v) is 4.54. The van der Waals surface area contributed by atoms with Crippen molar-refractivity contribution in [3.8, 4) is 0 Å². The van der Waals surface area contributed by atoms with Gasteiger partial charge in [-0.2, -0.15) is 4.52 Å². The molecule has 0 spiro atoms. The van der Waals surface area contributed by atoms with Gasteiger partial charge in [0, 0.05) is 37.1 Å². The molecule has 1 saturated heterocycles. The van der Waals surface area contributed by atoms with Crippen LogP contribution in [0.1, 0.15) is 35.4 Å². The lowest BCUT2D eigenvalue weighted by Crippen LogP contribution is -2.42. The maximum atomic E-state index is 13.0. The number of alkyl halides is 2. The van der Waals surface area contributed by atoms with E-state index in [0.717, 1.165) is 17.4 Å². The summed E-state index contributed by atoms with van der Waals surface area (Å²) >= 11 is 0. The fourth-order valence-corrected chi connectivity index (χ4v) is 3.13. The largest absolute Gasteiger partial charge is 0.366 e. The lowest BCUT2D eigenvalue weighted by molar-refractivity contribution is 0.0718. The average Bonchev–Trinajstić information content (AvgIpc) is 3.12. The van der Waals surface area contributed by atoms with Crippen LogP contribution in [0.3, 0.4) is 0 Å². The molecule has 1 aliphatic heterocycles. The second-order valence-corrected chi connectivity index (χ2v) is 6.29. The first-order valence-corrected chi connectivity index (χ1v) is 8.58. The van der Waals surface area contributed by atoms with Crippen LogP contribution < -0.4 is 5.32 Å². The summed E-state index contributed by atoms with van der Waals surface area (Å²) in [7, 11) is 0. The summed E-state index contributed by atoms with van der Waals surface area (Å²) < 4.78 is 27.0. The Morgan fingerprint density at radius 3 is 2.56 bits per heavy atom. The lowest BCUT2D eigenvalue weighted by atomic mass is 10.0. The topological polar surface area (TPSA) is 88.3 Å². The Morgan fingerprint density at radius 1 is 1.11 bits per heavy atom. The summed E-state index contributed by atoms with van der Waals surface area (Å²) in [6, 6.07) is 6.78. The molecule has 140 valence electrons. The molecular weight excluding hydrogens is 356 g/mol. The molecule has 0 bridgehead atoms. The monoisotopic (exact) mass is 373 g/mol. The van der Waals surface area contributed by atoms with E-state index >= 15 is 0 Å². The summed E-state index contributed by atoms with van der Waals surface area (Å²) in [5.41, 5.74) is 0.893. The zero-order valence-electron chi connectivity index (χ0n) is 14.3. The van der Waals surface area contributed by atoms with Crippen LogP contribution in [0.4, 0.5) is 14.6 Å². The highest BCUT2D eigenvalue weighted by molar-refractivity contribution is 5.94. The maximum absolute atomic E-state index is 13.0. The summed E-state index contributed by atoms with van der Waals surface area (Å²) in [6.45, 7) is 1.21.